The van der Waals surface area contributed by atoms with Gasteiger partial charge in [-0.25, -0.2) is 9.59 Å². The minimum atomic E-state index is -0.626. The Hall–Kier alpha value is -3.41. The van der Waals surface area contributed by atoms with Gasteiger partial charge < -0.3 is 14.8 Å². The van der Waals surface area contributed by atoms with Crippen LogP contribution in [0.1, 0.15) is 31.8 Å². The van der Waals surface area contributed by atoms with E-state index in [0.29, 0.717) is 0 Å². The van der Waals surface area contributed by atoms with E-state index in [1.54, 1.807) is 6.08 Å². The summed E-state index contributed by atoms with van der Waals surface area (Å²) in [6, 6.07) is 11.8. The van der Waals surface area contributed by atoms with Crippen LogP contribution in [0.15, 0.2) is 48.5 Å². The van der Waals surface area contributed by atoms with Crippen molar-refractivity contribution in [2.24, 2.45) is 0 Å². The maximum atomic E-state index is 12.2. The van der Waals surface area contributed by atoms with Gasteiger partial charge in [-0.3, -0.25) is 4.79 Å². The fraction of sp³-hybridized carbons (Fsp3) is 0.150. The van der Waals surface area contributed by atoms with Gasteiger partial charge in [-0.2, -0.15) is 0 Å². The van der Waals surface area contributed by atoms with Gasteiger partial charge in [-0.05, 0) is 36.8 Å². The Morgan fingerprint density at radius 1 is 0.923 bits per heavy atom. The molecule has 1 amide bonds. The van der Waals surface area contributed by atoms with Crippen LogP contribution in [0.2, 0.25) is 0 Å². The minimum Gasteiger partial charge on any atom is -0.465 e. The molecule has 6 heteroatoms. The molecule has 0 bridgehead atoms. The van der Waals surface area contributed by atoms with Gasteiger partial charge in [-0.1, -0.05) is 29.8 Å². The van der Waals surface area contributed by atoms with Crippen molar-refractivity contribution >= 4 is 29.6 Å². The van der Waals surface area contributed by atoms with E-state index >= 15 is 0 Å². The summed E-state index contributed by atoms with van der Waals surface area (Å²) in [5.74, 6) is -1.65. The molecule has 0 aliphatic heterocycles. The van der Waals surface area contributed by atoms with E-state index < -0.39 is 17.8 Å². The smallest absolute Gasteiger partial charge is 0.339 e. The lowest BCUT2D eigenvalue weighted by Gasteiger charge is -2.10. The van der Waals surface area contributed by atoms with E-state index in [1.807, 2.05) is 31.2 Å². The van der Waals surface area contributed by atoms with Crippen LogP contribution in [0.4, 0.5) is 5.69 Å². The summed E-state index contributed by atoms with van der Waals surface area (Å²) >= 11 is 0. The maximum absolute atomic E-state index is 12.2. The Bertz CT molecular complexity index is 853. The van der Waals surface area contributed by atoms with Crippen molar-refractivity contribution in [2.75, 3.05) is 19.5 Å². The molecule has 0 unspecified atom stereocenters. The van der Waals surface area contributed by atoms with Crippen molar-refractivity contribution in [3.63, 3.8) is 0 Å². The molecule has 2 aromatic rings. The maximum Gasteiger partial charge on any atom is 0.339 e. The average Bonchev–Trinajstić information content (AvgIpc) is 2.66. The molecule has 0 saturated heterocycles. The lowest BCUT2D eigenvalue weighted by atomic mass is 10.1. The minimum absolute atomic E-state index is 0.136. The van der Waals surface area contributed by atoms with Crippen LogP contribution in [0.5, 0.6) is 0 Å². The topological polar surface area (TPSA) is 81.7 Å². The van der Waals surface area contributed by atoms with Crippen LogP contribution in [0.25, 0.3) is 6.08 Å². The predicted molar refractivity (Wildman–Crippen MR) is 98.0 cm³/mol. The second kappa shape index (κ2) is 8.62. The molecule has 134 valence electrons. The molecule has 0 heterocycles. The standard InChI is InChI=1S/C20H19NO5/c1-13-4-6-14(7-5-13)8-11-18(22)21-17-12-15(19(23)25-2)9-10-16(17)20(24)26-3/h4-12H,1-3H3,(H,21,22). The highest BCUT2D eigenvalue weighted by atomic mass is 16.5. The van der Waals surface area contributed by atoms with E-state index in [4.69, 9.17) is 4.74 Å². The third kappa shape index (κ3) is 4.80. The number of anilines is 1. The van der Waals surface area contributed by atoms with Crippen molar-refractivity contribution in [1.82, 2.24) is 0 Å². The molecule has 0 radical (unpaired) electrons. The normalized spacial score (nSPS) is 10.4. The van der Waals surface area contributed by atoms with Crippen molar-refractivity contribution in [3.8, 4) is 0 Å². The van der Waals surface area contributed by atoms with Crippen LogP contribution in [-0.2, 0) is 14.3 Å². The Balaban J connectivity index is 2.24. The largest absolute Gasteiger partial charge is 0.465 e. The van der Waals surface area contributed by atoms with Gasteiger partial charge in [0.25, 0.3) is 0 Å². The molecule has 0 aromatic heterocycles. The Morgan fingerprint density at radius 2 is 1.58 bits per heavy atom. The van der Waals surface area contributed by atoms with Gasteiger partial charge in [-0.15, -0.1) is 0 Å². The summed E-state index contributed by atoms with van der Waals surface area (Å²) in [5.41, 5.74) is 2.49. The fourth-order valence-corrected chi connectivity index (χ4v) is 2.20. The highest BCUT2D eigenvalue weighted by molar-refractivity contribution is 6.07. The molecule has 0 fully saturated rings. The van der Waals surface area contributed by atoms with Gasteiger partial charge >= 0.3 is 11.9 Å². The molecule has 0 spiro atoms. The van der Waals surface area contributed by atoms with E-state index in [2.05, 4.69) is 10.1 Å². The Morgan fingerprint density at radius 3 is 2.19 bits per heavy atom. The lowest BCUT2D eigenvalue weighted by Crippen LogP contribution is -2.14. The summed E-state index contributed by atoms with van der Waals surface area (Å²) in [6.07, 6.45) is 2.99. The molecule has 2 rings (SSSR count). The quantitative estimate of drug-likeness (QED) is 0.659. The van der Waals surface area contributed by atoms with Crippen molar-refractivity contribution in [1.29, 1.82) is 0 Å². The summed E-state index contributed by atoms with van der Waals surface area (Å²) in [5, 5.41) is 2.59. The van der Waals surface area contributed by atoms with Gasteiger partial charge in [0.2, 0.25) is 5.91 Å². The summed E-state index contributed by atoms with van der Waals surface area (Å²) < 4.78 is 9.36. The molecule has 0 atom stereocenters. The number of ether oxygens (including phenoxy) is 2. The molecule has 0 aliphatic carbocycles. The number of hydrogen-bond donors (Lipinski definition) is 1. The van der Waals surface area contributed by atoms with Gasteiger partial charge in [0.1, 0.15) is 0 Å². The lowest BCUT2D eigenvalue weighted by molar-refractivity contribution is -0.111. The van der Waals surface area contributed by atoms with Crippen LogP contribution in [0.3, 0.4) is 0 Å². The molecule has 0 aliphatic rings. The summed E-state index contributed by atoms with van der Waals surface area (Å²) in [7, 11) is 2.48. The number of amides is 1. The summed E-state index contributed by atoms with van der Waals surface area (Å²) in [4.78, 5) is 35.7. The zero-order valence-electron chi connectivity index (χ0n) is 14.7. The zero-order chi connectivity index (χ0) is 19.1. The van der Waals surface area contributed by atoms with Crippen LogP contribution >= 0.6 is 0 Å². The molecular formula is C20H19NO5. The summed E-state index contributed by atoms with van der Waals surface area (Å²) in [6.45, 7) is 1.98. The highest BCUT2D eigenvalue weighted by Crippen LogP contribution is 2.20. The van der Waals surface area contributed by atoms with Crippen LogP contribution in [0, 0.1) is 6.92 Å². The third-order valence-corrected chi connectivity index (χ3v) is 3.61. The second-order valence-electron chi connectivity index (χ2n) is 5.48. The molecular weight excluding hydrogens is 334 g/mol. The average molecular weight is 353 g/mol. The first-order valence-electron chi connectivity index (χ1n) is 7.81. The van der Waals surface area contributed by atoms with E-state index in [9.17, 15) is 14.4 Å². The van der Waals surface area contributed by atoms with Gasteiger partial charge in [0.15, 0.2) is 0 Å². The molecule has 2 aromatic carbocycles. The fourth-order valence-electron chi connectivity index (χ4n) is 2.20. The number of esters is 2. The number of carbonyl (C=O) groups is 3. The Kier molecular flexibility index (Phi) is 6.27. The van der Waals surface area contributed by atoms with Crippen molar-refractivity contribution < 1.29 is 23.9 Å². The number of rotatable bonds is 5. The third-order valence-electron chi connectivity index (χ3n) is 3.61. The molecule has 6 nitrogen and oxygen atoms in total. The van der Waals surface area contributed by atoms with Gasteiger partial charge in [0.05, 0.1) is 31.0 Å². The van der Waals surface area contributed by atoms with Gasteiger partial charge in [0, 0.05) is 6.08 Å². The second-order valence-corrected chi connectivity index (χ2v) is 5.48. The molecule has 0 saturated carbocycles. The SMILES string of the molecule is COC(=O)c1ccc(C(=O)OC)c(NC(=O)C=Cc2ccc(C)cc2)c1. The van der Waals surface area contributed by atoms with Crippen molar-refractivity contribution in [2.45, 2.75) is 6.92 Å². The first kappa shape index (κ1) is 18.9. The molecule has 1 N–H and O–H groups in total. The number of hydrogen-bond acceptors (Lipinski definition) is 5. The predicted octanol–water partition coefficient (Wildman–Crippen LogP) is 3.22. The molecule has 26 heavy (non-hydrogen) atoms. The highest BCUT2D eigenvalue weighted by Gasteiger charge is 2.16. The monoisotopic (exact) mass is 353 g/mol. The zero-order valence-corrected chi connectivity index (χ0v) is 14.7. The van der Waals surface area contributed by atoms with Crippen LogP contribution in [-0.4, -0.2) is 32.1 Å². The Labute approximate surface area is 151 Å². The number of carbonyl (C=O) groups excluding carboxylic acids is 3. The number of methoxy groups -OCH3 is 2. The van der Waals surface area contributed by atoms with E-state index in [1.165, 1.54) is 38.5 Å². The van der Waals surface area contributed by atoms with Crippen LogP contribution < -0.4 is 5.32 Å². The first-order valence-corrected chi connectivity index (χ1v) is 7.81. The number of aryl methyl sites for hydroxylation is 1. The number of nitrogens with one attached hydrogen (secondary N) is 1. The number of benzene rings is 2. The first-order chi connectivity index (χ1) is 12.4. The van der Waals surface area contributed by atoms with E-state index in [-0.39, 0.29) is 16.8 Å². The van der Waals surface area contributed by atoms with Crippen molar-refractivity contribution in [3.05, 3.63) is 70.8 Å². The van der Waals surface area contributed by atoms with E-state index in [0.717, 1.165) is 11.1 Å².